The maximum Gasteiger partial charge on any atom is 0.419 e. The molecular formula is C17H22F4N2O. The van der Waals surface area contributed by atoms with Gasteiger partial charge in [-0.15, -0.1) is 0 Å². The van der Waals surface area contributed by atoms with Crippen molar-refractivity contribution in [2.45, 2.75) is 38.0 Å². The van der Waals surface area contributed by atoms with Gasteiger partial charge in [0.05, 0.1) is 12.2 Å². The molecule has 2 N–H and O–H groups in total. The number of benzene rings is 1. The highest BCUT2D eigenvalue weighted by Gasteiger charge is 2.44. The summed E-state index contributed by atoms with van der Waals surface area (Å²) in [5, 5.41) is 13.3. The number of halogens is 4. The minimum Gasteiger partial charge on any atom is -0.396 e. The van der Waals surface area contributed by atoms with Gasteiger partial charge in [0.1, 0.15) is 5.82 Å². The fourth-order valence-electron chi connectivity index (χ4n) is 4.06. The van der Waals surface area contributed by atoms with Crippen molar-refractivity contribution in [2.24, 2.45) is 5.41 Å². The van der Waals surface area contributed by atoms with Crippen molar-refractivity contribution < 1.29 is 22.7 Å². The zero-order chi connectivity index (χ0) is 17.4. The zero-order valence-corrected chi connectivity index (χ0v) is 13.4. The van der Waals surface area contributed by atoms with E-state index in [9.17, 15) is 22.7 Å². The average Bonchev–Trinajstić information content (AvgIpc) is 2.55. The number of hydrogen-bond acceptors (Lipinski definition) is 3. The molecule has 0 radical (unpaired) electrons. The zero-order valence-electron chi connectivity index (χ0n) is 13.4. The van der Waals surface area contributed by atoms with Gasteiger partial charge in [0.2, 0.25) is 0 Å². The van der Waals surface area contributed by atoms with Gasteiger partial charge in [-0.05, 0) is 43.5 Å². The van der Waals surface area contributed by atoms with E-state index in [2.05, 4.69) is 10.2 Å². The number of aliphatic hydroxyl groups excluding tert-OH is 1. The van der Waals surface area contributed by atoms with E-state index in [0.717, 1.165) is 44.5 Å². The third-order valence-electron chi connectivity index (χ3n) is 5.31. The highest BCUT2D eigenvalue weighted by Crippen LogP contribution is 2.38. The summed E-state index contributed by atoms with van der Waals surface area (Å²) in [5.41, 5.74) is -1.01. The molecule has 0 aliphatic carbocycles. The minimum atomic E-state index is -4.69. The summed E-state index contributed by atoms with van der Waals surface area (Å²) in [4.78, 5) is 2.06. The lowest BCUT2D eigenvalue weighted by Crippen LogP contribution is -2.61. The van der Waals surface area contributed by atoms with E-state index in [1.807, 2.05) is 0 Å². The van der Waals surface area contributed by atoms with Crippen LogP contribution in [0.3, 0.4) is 0 Å². The van der Waals surface area contributed by atoms with Gasteiger partial charge in [0, 0.05) is 31.1 Å². The van der Waals surface area contributed by atoms with Crippen LogP contribution < -0.4 is 5.32 Å². The Morgan fingerprint density at radius 3 is 2.83 bits per heavy atom. The summed E-state index contributed by atoms with van der Waals surface area (Å²) < 4.78 is 52.0. The van der Waals surface area contributed by atoms with Crippen LogP contribution in [0.5, 0.6) is 0 Å². The molecule has 2 atom stereocenters. The van der Waals surface area contributed by atoms with Crippen LogP contribution in [0.4, 0.5) is 17.6 Å². The van der Waals surface area contributed by atoms with E-state index >= 15 is 0 Å². The molecule has 1 aromatic carbocycles. The first-order valence-electron chi connectivity index (χ1n) is 8.26. The molecule has 0 unspecified atom stereocenters. The summed E-state index contributed by atoms with van der Waals surface area (Å²) in [5.74, 6) is -1.24. The summed E-state index contributed by atoms with van der Waals surface area (Å²) >= 11 is 0. The van der Waals surface area contributed by atoms with Gasteiger partial charge >= 0.3 is 6.18 Å². The van der Waals surface area contributed by atoms with E-state index in [4.69, 9.17) is 0 Å². The number of rotatable bonds is 3. The smallest absolute Gasteiger partial charge is 0.396 e. The molecule has 2 saturated heterocycles. The number of alkyl halides is 3. The van der Waals surface area contributed by atoms with Crippen LogP contribution >= 0.6 is 0 Å². The highest BCUT2D eigenvalue weighted by molar-refractivity contribution is 5.27. The number of nitrogens with zero attached hydrogens (tertiary/aromatic N) is 1. The lowest BCUT2D eigenvalue weighted by molar-refractivity contribution is -0.140. The van der Waals surface area contributed by atoms with Gasteiger partial charge in [-0.3, -0.25) is 4.90 Å². The molecule has 2 aliphatic rings. The molecule has 2 aliphatic heterocycles. The van der Waals surface area contributed by atoms with E-state index < -0.39 is 17.6 Å². The third-order valence-corrected chi connectivity index (χ3v) is 5.31. The Morgan fingerprint density at radius 1 is 1.33 bits per heavy atom. The molecule has 1 aromatic rings. The summed E-state index contributed by atoms with van der Waals surface area (Å²) in [6.45, 7) is 2.73. The van der Waals surface area contributed by atoms with Gasteiger partial charge in [-0.2, -0.15) is 13.2 Å². The molecule has 0 spiro atoms. The lowest BCUT2D eigenvalue weighted by atomic mass is 9.70. The van der Waals surface area contributed by atoms with Crippen LogP contribution in [0.25, 0.3) is 0 Å². The Bertz CT molecular complexity index is 592. The quantitative estimate of drug-likeness (QED) is 0.826. The monoisotopic (exact) mass is 346 g/mol. The van der Waals surface area contributed by atoms with E-state index in [0.29, 0.717) is 18.7 Å². The normalized spacial score (nSPS) is 28.6. The summed E-state index contributed by atoms with van der Waals surface area (Å²) in [6, 6.07) is 3.44. The van der Waals surface area contributed by atoms with Crippen molar-refractivity contribution in [2.75, 3.05) is 26.2 Å². The van der Waals surface area contributed by atoms with Crippen LogP contribution in [0.15, 0.2) is 18.2 Å². The Hall–Kier alpha value is -1.18. The van der Waals surface area contributed by atoms with Crippen LogP contribution in [0.2, 0.25) is 0 Å². The summed E-state index contributed by atoms with van der Waals surface area (Å²) in [6.07, 6.45) is -1.94. The van der Waals surface area contributed by atoms with Crippen molar-refractivity contribution in [1.29, 1.82) is 0 Å². The number of nitrogens with one attached hydrogen (secondary N) is 1. The molecule has 0 amide bonds. The SMILES string of the molecule is OC[C@]12CCCN[C@@H]1CCN(Cc1ccc(F)c(C(F)(F)F)c1)C2. The first kappa shape index (κ1) is 17.6. The molecule has 134 valence electrons. The van der Waals surface area contributed by atoms with Crippen LogP contribution in [-0.4, -0.2) is 42.3 Å². The fourth-order valence-corrected chi connectivity index (χ4v) is 4.06. The van der Waals surface area contributed by atoms with Crippen LogP contribution in [0.1, 0.15) is 30.4 Å². The van der Waals surface area contributed by atoms with Gasteiger partial charge in [-0.1, -0.05) is 6.07 Å². The van der Waals surface area contributed by atoms with E-state index in [-0.39, 0.29) is 18.1 Å². The molecule has 0 aromatic heterocycles. The number of aliphatic hydroxyl groups is 1. The standard InChI is InChI=1S/C17H22F4N2O/c18-14-3-2-12(8-13(14)17(19,20)21)9-23-7-4-15-16(10-23,11-24)5-1-6-22-15/h2-3,8,15,22,24H,1,4-7,9-11H2/t15-,16-/m1/s1. The Kier molecular flexibility index (Phi) is 4.86. The number of likely N-dealkylation sites (tertiary alicyclic amines) is 1. The van der Waals surface area contributed by atoms with Crippen molar-refractivity contribution in [3.05, 3.63) is 35.1 Å². The molecule has 7 heteroatoms. The lowest BCUT2D eigenvalue weighted by Gasteiger charge is -2.50. The molecule has 2 heterocycles. The summed E-state index contributed by atoms with van der Waals surface area (Å²) in [7, 11) is 0. The van der Waals surface area contributed by atoms with Crippen molar-refractivity contribution in [3.8, 4) is 0 Å². The van der Waals surface area contributed by atoms with E-state index in [1.165, 1.54) is 6.07 Å². The van der Waals surface area contributed by atoms with E-state index in [1.54, 1.807) is 0 Å². The van der Waals surface area contributed by atoms with Crippen molar-refractivity contribution >= 4 is 0 Å². The molecule has 0 saturated carbocycles. The maximum atomic E-state index is 13.4. The topological polar surface area (TPSA) is 35.5 Å². The Balaban J connectivity index is 1.75. The fraction of sp³-hybridized carbons (Fsp3) is 0.647. The Morgan fingerprint density at radius 2 is 2.12 bits per heavy atom. The minimum absolute atomic E-state index is 0.0678. The predicted molar refractivity (Wildman–Crippen MR) is 81.8 cm³/mol. The second kappa shape index (κ2) is 6.61. The van der Waals surface area contributed by atoms with Gasteiger partial charge in [0.15, 0.2) is 0 Å². The molecule has 24 heavy (non-hydrogen) atoms. The second-order valence-electron chi connectivity index (χ2n) is 6.94. The molecule has 2 fully saturated rings. The largest absolute Gasteiger partial charge is 0.419 e. The van der Waals surface area contributed by atoms with Crippen molar-refractivity contribution in [3.63, 3.8) is 0 Å². The third kappa shape index (κ3) is 3.43. The molecule has 3 nitrogen and oxygen atoms in total. The number of piperidine rings is 2. The van der Waals surface area contributed by atoms with Crippen molar-refractivity contribution in [1.82, 2.24) is 10.2 Å². The predicted octanol–water partition coefficient (Wildman–Crippen LogP) is 2.78. The average molecular weight is 346 g/mol. The van der Waals surface area contributed by atoms with Crippen LogP contribution in [0, 0.1) is 11.2 Å². The first-order valence-corrected chi connectivity index (χ1v) is 8.26. The van der Waals surface area contributed by atoms with Gasteiger partial charge in [-0.25, -0.2) is 4.39 Å². The first-order chi connectivity index (χ1) is 11.3. The maximum absolute atomic E-state index is 13.4. The Labute approximate surface area is 138 Å². The van der Waals surface area contributed by atoms with Crippen LogP contribution in [-0.2, 0) is 12.7 Å². The number of fused-ring (bicyclic) bond motifs is 1. The van der Waals surface area contributed by atoms with Gasteiger partial charge in [0.25, 0.3) is 0 Å². The molecular weight excluding hydrogens is 324 g/mol. The number of hydrogen-bond donors (Lipinski definition) is 2. The molecule has 3 rings (SSSR count). The molecule has 0 bridgehead atoms. The second-order valence-corrected chi connectivity index (χ2v) is 6.94. The highest BCUT2D eigenvalue weighted by atomic mass is 19.4. The van der Waals surface area contributed by atoms with Gasteiger partial charge < -0.3 is 10.4 Å².